The average molecular weight is 456 g/mol. The Labute approximate surface area is 189 Å². The van der Waals surface area contributed by atoms with Gasteiger partial charge in [0.15, 0.2) is 10.8 Å². The highest BCUT2D eigenvalue weighted by molar-refractivity contribution is 7.99. The minimum absolute atomic E-state index is 0.0480. The van der Waals surface area contributed by atoms with Gasteiger partial charge in [0.05, 0.1) is 23.1 Å². The van der Waals surface area contributed by atoms with Gasteiger partial charge in [-0.3, -0.25) is 14.9 Å². The van der Waals surface area contributed by atoms with Gasteiger partial charge < -0.3 is 10.2 Å². The first kappa shape index (κ1) is 22.0. The van der Waals surface area contributed by atoms with Gasteiger partial charge in [0.2, 0.25) is 0 Å². The summed E-state index contributed by atoms with van der Waals surface area (Å²) in [7, 11) is 0. The van der Waals surface area contributed by atoms with Gasteiger partial charge >= 0.3 is 0 Å². The Bertz CT molecular complexity index is 1120. The number of nitro groups is 1. The van der Waals surface area contributed by atoms with E-state index >= 15 is 0 Å². The van der Waals surface area contributed by atoms with Gasteiger partial charge in [-0.15, -0.1) is 0 Å². The van der Waals surface area contributed by atoms with E-state index in [1.54, 1.807) is 22.6 Å². The molecule has 10 nitrogen and oxygen atoms in total. The highest BCUT2D eigenvalue weighted by atomic mass is 32.2. The number of fused-ring (bicyclic) bond motifs is 1. The molecule has 0 atom stereocenters. The van der Waals surface area contributed by atoms with Crippen molar-refractivity contribution < 1.29 is 9.72 Å². The molecule has 1 N–H and O–H groups in total. The maximum absolute atomic E-state index is 12.4. The molecule has 11 heteroatoms. The summed E-state index contributed by atoms with van der Waals surface area (Å²) in [6.45, 7) is 6.98. The van der Waals surface area contributed by atoms with E-state index < -0.39 is 4.92 Å². The molecule has 1 aromatic carbocycles. The molecule has 1 amide bonds. The lowest BCUT2D eigenvalue weighted by Crippen LogP contribution is -2.27. The quantitative estimate of drug-likeness (QED) is 0.238. The number of amides is 1. The number of nitrogens with zero attached hydrogens (tertiary/aromatic N) is 6. The molecule has 3 heterocycles. The number of carbonyl (C=O) groups is 1. The lowest BCUT2D eigenvalue weighted by atomic mass is 10.2. The van der Waals surface area contributed by atoms with Crippen LogP contribution in [0.5, 0.6) is 0 Å². The number of hydrogen-bond acceptors (Lipinski definition) is 8. The van der Waals surface area contributed by atoms with Crippen LogP contribution in [0.4, 0.5) is 11.5 Å². The van der Waals surface area contributed by atoms with E-state index in [1.807, 2.05) is 0 Å². The van der Waals surface area contributed by atoms with Crippen LogP contribution >= 0.6 is 11.8 Å². The Hall–Kier alpha value is -3.21. The van der Waals surface area contributed by atoms with E-state index in [-0.39, 0.29) is 11.6 Å². The van der Waals surface area contributed by atoms with Gasteiger partial charge in [-0.1, -0.05) is 25.6 Å². The fourth-order valence-corrected chi connectivity index (χ4v) is 4.33. The van der Waals surface area contributed by atoms with Crippen molar-refractivity contribution in [1.29, 1.82) is 0 Å². The molecular weight excluding hydrogens is 430 g/mol. The molecule has 0 bridgehead atoms. The van der Waals surface area contributed by atoms with Crippen LogP contribution in [0.1, 0.15) is 37.0 Å². The summed E-state index contributed by atoms with van der Waals surface area (Å²) in [5.74, 6) is 0.636. The number of non-ortho nitro benzene ring substituents is 1. The molecule has 1 aliphatic heterocycles. The lowest BCUT2D eigenvalue weighted by molar-refractivity contribution is -0.384. The molecule has 4 rings (SSSR count). The van der Waals surface area contributed by atoms with Crippen LogP contribution in [0.3, 0.4) is 0 Å². The third-order valence-corrected chi connectivity index (χ3v) is 6.02. The van der Waals surface area contributed by atoms with Crippen LogP contribution in [0.15, 0.2) is 35.6 Å². The van der Waals surface area contributed by atoms with Crippen molar-refractivity contribution in [2.75, 3.05) is 24.5 Å². The topological polar surface area (TPSA) is 119 Å². The third kappa shape index (κ3) is 4.82. The first-order valence-electron chi connectivity index (χ1n) is 10.6. The standard InChI is InChI=1S/C21H25N7O3S/c1-14(2)32-21-24-18(26-10-3-4-11-26)17-13-23-27(19(17)25-21)12-9-22-20(29)15-5-7-16(8-6-15)28(30)31/h5-8,13-14H,3-4,9-12H2,1-2H3,(H,22,29). The van der Waals surface area contributed by atoms with Crippen molar-refractivity contribution in [3.05, 3.63) is 46.1 Å². The second kappa shape index (κ2) is 9.51. The number of thioether (sulfide) groups is 1. The van der Waals surface area contributed by atoms with Crippen molar-refractivity contribution >= 4 is 40.2 Å². The van der Waals surface area contributed by atoms with Crippen molar-refractivity contribution in [2.24, 2.45) is 0 Å². The molecule has 0 aliphatic carbocycles. The van der Waals surface area contributed by atoms with Gasteiger partial charge in [-0.05, 0) is 25.0 Å². The summed E-state index contributed by atoms with van der Waals surface area (Å²) in [5.41, 5.74) is 1.08. The van der Waals surface area contributed by atoms with E-state index in [0.717, 1.165) is 47.9 Å². The number of aromatic nitrogens is 4. The normalized spacial score (nSPS) is 13.8. The maximum Gasteiger partial charge on any atom is 0.269 e. The van der Waals surface area contributed by atoms with E-state index in [2.05, 4.69) is 29.2 Å². The number of benzene rings is 1. The largest absolute Gasteiger partial charge is 0.356 e. The van der Waals surface area contributed by atoms with Crippen LogP contribution in [-0.2, 0) is 6.54 Å². The number of hydrogen-bond donors (Lipinski definition) is 1. The van der Waals surface area contributed by atoms with E-state index in [4.69, 9.17) is 9.97 Å². The maximum atomic E-state index is 12.4. The summed E-state index contributed by atoms with van der Waals surface area (Å²) in [4.78, 5) is 34.5. The number of nitrogens with one attached hydrogen (secondary N) is 1. The molecule has 3 aromatic rings. The third-order valence-electron chi connectivity index (χ3n) is 5.15. The first-order chi connectivity index (χ1) is 15.4. The zero-order chi connectivity index (χ0) is 22.7. The highest BCUT2D eigenvalue weighted by Gasteiger charge is 2.21. The molecule has 32 heavy (non-hydrogen) atoms. The summed E-state index contributed by atoms with van der Waals surface area (Å²) in [6, 6.07) is 5.53. The van der Waals surface area contributed by atoms with Crippen molar-refractivity contribution in [3.8, 4) is 0 Å². The van der Waals surface area contributed by atoms with Gasteiger partial charge in [0.1, 0.15) is 5.82 Å². The minimum atomic E-state index is -0.491. The fourth-order valence-electron chi connectivity index (χ4n) is 3.63. The van der Waals surface area contributed by atoms with E-state index in [1.165, 1.54) is 24.3 Å². The zero-order valence-electron chi connectivity index (χ0n) is 18.0. The van der Waals surface area contributed by atoms with Gasteiger partial charge in [0.25, 0.3) is 11.6 Å². The van der Waals surface area contributed by atoms with Crippen molar-refractivity contribution in [3.63, 3.8) is 0 Å². The summed E-state index contributed by atoms with van der Waals surface area (Å²) < 4.78 is 1.79. The summed E-state index contributed by atoms with van der Waals surface area (Å²) in [6.07, 6.45) is 4.10. The number of rotatable bonds is 8. The lowest BCUT2D eigenvalue weighted by Gasteiger charge is -2.18. The number of carbonyl (C=O) groups excluding carboxylic acids is 1. The van der Waals surface area contributed by atoms with Gasteiger partial charge in [-0.25, -0.2) is 14.6 Å². The van der Waals surface area contributed by atoms with Crippen molar-refractivity contribution in [1.82, 2.24) is 25.1 Å². The predicted molar refractivity (Wildman–Crippen MR) is 123 cm³/mol. The Morgan fingerprint density at radius 2 is 1.94 bits per heavy atom. The highest BCUT2D eigenvalue weighted by Crippen LogP contribution is 2.30. The predicted octanol–water partition coefficient (Wildman–Crippen LogP) is 3.27. The zero-order valence-corrected chi connectivity index (χ0v) is 18.8. The van der Waals surface area contributed by atoms with Crippen LogP contribution in [0.2, 0.25) is 0 Å². The Morgan fingerprint density at radius 1 is 1.22 bits per heavy atom. The summed E-state index contributed by atoms with van der Waals surface area (Å²) in [5, 5.41) is 20.1. The fraction of sp³-hybridized carbons (Fsp3) is 0.429. The van der Waals surface area contributed by atoms with Crippen molar-refractivity contribution in [2.45, 2.75) is 43.6 Å². The minimum Gasteiger partial charge on any atom is -0.356 e. The van der Waals surface area contributed by atoms with E-state index in [0.29, 0.717) is 23.9 Å². The molecule has 2 aromatic heterocycles. The van der Waals surface area contributed by atoms with Gasteiger partial charge in [0, 0.05) is 42.6 Å². The second-order valence-electron chi connectivity index (χ2n) is 7.86. The SMILES string of the molecule is CC(C)Sc1nc(N2CCCC2)c2cnn(CCNC(=O)c3ccc([N+](=O)[O-])cc3)c2n1. The molecular formula is C21H25N7O3S. The van der Waals surface area contributed by atoms with Crippen LogP contribution in [0, 0.1) is 10.1 Å². The van der Waals surface area contributed by atoms with Gasteiger partial charge in [-0.2, -0.15) is 5.10 Å². The van der Waals surface area contributed by atoms with E-state index in [9.17, 15) is 14.9 Å². The number of nitro benzene ring substituents is 1. The summed E-state index contributed by atoms with van der Waals surface area (Å²) >= 11 is 1.62. The molecule has 0 spiro atoms. The smallest absolute Gasteiger partial charge is 0.269 e. The van der Waals surface area contributed by atoms with Crippen LogP contribution in [0.25, 0.3) is 11.0 Å². The Balaban J connectivity index is 1.49. The molecule has 0 saturated carbocycles. The van der Waals surface area contributed by atoms with Crippen LogP contribution < -0.4 is 10.2 Å². The monoisotopic (exact) mass is 455 g/mol. The van der Waals surface area contributed by atoms with Crippen LogP contribution in [-0.4, -0.2) is 55.5 Å². The second-order valence-corrected chi connectivity index (χ2v) is 9.40. The average Bonchev–Trinajstić information content (AvgIpc) is 3.43. The molecule has 1 aliphatic rings. The molecule has 168 valence electrons. The Kier molecular flexibility index (Phi) is 6.54. The molecule has 0 radical (unpaired) electrons. The molecule has 1 saturated heterocycles. The molecule has 1 fully saturated rings. The number of anilines is 1. The first-order valence-corrected chi connectivity index (χ1v) is 11.5. The molecule has 0 unspecified atom stereocenters. The Morgan fingerprint density at radius 3 is 2.59 bits per heavy atom.